The van der Waals surface area contributed by atoms with Crippen molar-refractivity contribution in [3.8, 4) is 11.3 Å². The molecule has 0 atom stereocenters. The number of aromatic amines is 1. The fraction of sp³-hybridized carbons (Fsp3) is 0.389. The molecular weight excluding hydrogens is 246 g/mol. The third kappa shape index (κ3) is 1.54. The van der Waals surface area contributed by atoms with Gasteiger partial charge in [0.05, 0.1) is 5.69 Å². The number of rotatable bonds is 1. The summed E-state index contributed by atoms with van der Waals surface area (Å²) in [5.74, 6) is 0. The number of pyridine rings is 1. The van der Waals surface area contributed by atoms with Crippen molar-refractivity contribution < 1.29 is 0 Å². The summed E-state index contributed by atoms with van der Waals surface area (Å²) in [4.78, 5) is 15.5. The van der Waals surface area contributed by atoms with Crippen molar-refractivity contribution in [1.82, 2.24) is 4.98 Å². The number of fused-ring (bicyclic) bond motifs is 5. The van der Waals surface area contributed by atoms with E-state index in [1.165, 1.54) is 34.2 Å². The molecule has 1 N–H and O–H groups in total. The van der Waals surface area contributed by atoms with Crippen molar-refractivity contribution >= 4 is 0 Å². The van der Waals surface area contributed by atoms with E-state index in [1.54, 1.807) is 0 Å². The molecule has 102 valence electrons. The Morgan fingerprint density at radius 2 is 1.85 bits per heavy atom. The summed E-state index contributed by atoms with van der Waals surface area (Å²) < 4.78 is 0. The van der Waals surface area contributed by atoms with Crippen LogP contribution in [0.3, 0.4) is 0 Å². The maximum Gasteiger partial charge on any atom is 0.251 e. The van der Waals surface area contributed by atoms with Crippen LogP contribution >= 0.6 is 0 Å². The van der Waals surface area contributed by atoms with E-state index in [9.17, 15) is 4.79 Å². The first-order chi connectivity index (χ1) is 9.79. The van der Waals surface area contributed by atoms with Crippen LogP contribution in [0.5, 0.6) is 0 Å². The Labute approximate surface area is 118 Å². The molecular formula is C18H19NO. The molecule has 1 heterocycles. The molecule has 0 saturated heterocycles. The second-order valence-electron chi connectivity index (χ2n) is 5.95. The Balaban J connectivity index is 2.00. The molecule has 0 spiro atoms. The summed E-state index contributed by atoms with van der Waals surface area (Å²) in [7, 11) is 0. The van der Waals surface area contributed by atoms with Crippen molar-refractivity contribution in [2.45, 2.75) is 45.4 Å². The van der Waals surface area contributed by atoms with Crippen molar-refractivity contribution in [3.05, 3.63) is 56.4 Å². The van der Waals surface area contributed by atoms with Crippen LogP contribution in [0.25, 0.3) is 11.3 Å². The molecule has 1 aromatic heterocycles. The van der Waals surface area contributed by atoms with Gasteiger partial charge in [-0.2, -0.15) is 0 Å². The van der Waals surface area contributed by atoms with E-state index in [2.05, 4.69) is 30.1 Å². The first kappa shape index (κ1) is 12.0. The molecule has 0 saturated carbocycles. The third-order valence-electron chi connectivity index (χ3n) is 4.92. The Morgan fingerprint density at radius 3 is 2.65 bits per heavy atom. The highest BCUT2D eigenvalue weighted by atomic mass is 16.1. The zero-order valence-electron chi connectivity index (χ0n) is 11.9. The van der Waals surface area contributed by atoms with Crippen molar-refractivity contribution in [3.63, 3.8) is 0 Å². The van der Waals surface area contributed by atoms with Gasteiger partial charge in [-0.15, -0.1) is 0 Å². The van der Waals surface area contributed by atoms with Gasteiger partial charge in [0.1, 0.15) is 0 Å². The van der Waals surface area contributed by atoms with Crippen LogP contribution in [-0.4, -0.2) is 4.98 Å². The van der Waals surface area contributed by atoms with Crippen LogP contribution in [0, 0.1) is 0 Å². The summed E-state index contributed by atoms with van der Waals surface area (Å²) in [6.45, 7) is 2.21. The van der Waals surface area contributed by atoms with Crippen LogP contribution < -0.4 is 5.56 Å². The fourth-order valence-corrected chi connectivity index (χ4v) is 3.91. The van der Waals surface area contributed by atoms with E-state index in [-0.39, 0.29) is 5.56 Å². The maximum absolute atomic E-state index is 12.3. The second kappa shape index (κ2) is 4.34. The summed E-state index contributed by atoms with van der Waals surface area (Å²) in [6, 6.07) is 6.49. The molecule has 0 amide bonds. The number of aryl methyl sites for hydroxylation is 1. The molecule has 2 aliphatic carbocycles. The standard InChI is InChI=1S/C18H19NO/c1-2-11-6-5-9-13-15(11)10-16-12-7-3-4-8-14(12)18(20)19-17(13)16/h5-6,9H,2-4,7-8,10H2,1H3,(H,19,20). The van der Waals surface area contributed by atoms with Gasteiger partial charge in [-0.1, -0.05) is 25.1 Å². The smallest absolute Gasteiger partial charge is 0.251 e. The molecule has 20 heavy (non-hydrogen) atoms. The molecule has 0 bridgehead atoms. The number of hydrogen-bond acceptors (Lipinski definition) is 1. The Hall–Kier alpha value is -1.83. The van der Waals surface area contributed by atoms with Crippen molar-refractivity contribution in [1.29, 1.82) is 0 Å². The summed E-state index contributed by atoms with van der Waals surface area (Å²) >= 11 is 0. The SMILES string of the molecule is CCc1cccc2c1Cc1c-2[nH]c(=O)c2c1CCCC2. The Kier molecular flexibility index (Phi) is 2.59. The van der Waals surface area contributed by atoms with Crippen molar-refractivity contribution in [2.75, 3.05) is 0 Å². The molecule has 1 aromatic carbocycles. The highest BCUT2D eigenvalue weighted by molar-refractivity contribution is 5.76. The van der Waals surface area contributed by atoms with Gasteiger partial charge in [0.15, 0.2) is 0 Å². The van der Waals surface area contributed by atoms with E-state index in [1.807, 2.05) is 0 Å². The van der Waals surface area contributed by atoms with E-state index in [0.29, 0.717) is 0 Å². The van der Waals surface area contributed by atoms with E-state index in [0.717, 1.165) is 43.4 Å². The molecule has 2 nitrogen and oxygen atoms in total. The largest absolute Gasteiger partial charge is 0.321 e. The number of aromatic nitrogens is 1. The zero-order chi connectivity index (χ0) is 13.7. The van der Waals surface area contributed by atoms with Gasteiger partial charge in [0.25, 0.3) is 5.56 Å². The van der Waals surface area contributed by atoms with Gasteiger partial charge in [-0.3, -0.25) is 4.79 Å². The minimum Gasteiger partial charge on any atom is -0.321 e. The molecule has 0 unspecified atom stereocenters. The van der Waals surface area contributed by atoms with Crippen LogP contribution in [0.2, 0.25) is 0 Å². The molecule has 0 radical (unpaired) electrons. The lowest BCUT2D eigenvalue weighted by Crippen LogP contribution is -2.21. The minimum absolute atomic E-state index is 0.146. The molecule has 0 aliphatic heterocycles. The lowest BCUT2D eigenvalue weighted by molar-refractivity contribution is 0.672. The molecule has 2 aromatic rings. The van der Waals surface area contributed by atoms with E-state index in [4.69, 9.17) is 0 Å². The lowest BCUT2D eigenvalue weighted by atomic mass is 9.88. The first-order valence-electron chi connectivity index (χ1n) is 7.67. The Morgan fingerprint density at radius 1 is 1.05 bits per heavy atom. The number of nitrogens with one attached hydrogen (secondary N) is 1. The predicted molar refractivity (Wildman–Crippen MR) is 81.3 cm³/mol. The highest BCUT2D eigenvalue weighted by Gasteiger charge is 2.27. The number of H-pyrrole nitrogens is 1. The summed E-state index contributed by atoms with van der Waals surface area (Å²) in [5, 5.41) is 0. The molecule has 2 aliphatic rings. The van der Waals surface area contributed by atoms with Gasteiger partial charge in [-0.25, -0.2) is 0 Å². The fourth-order valence-electron chi connectivity index (χ4n) is 3.91. The van der Waals surface area contributed by atoms with Gasteiger partial charge in [0.2, 0.25) is 0 Å². The van der Waals surface area contributed by atoms with Crippen molar-refractivity contribution in [2.24, 2.45) is 0 Å². The average Bonchev–Trinajstić information content (AvgIpc) is 2.86. The topological polar surface area (TPSA) is 32.9 Å². The number of hydrogen-bond donors (Lipinski definition) is 1. The zero-order valence-corrected chi connectivity index (χ0v) is 11.9. The van der Waals surface area contributed by atoms with Crippen LogP contribution in [0.1, 0.15) is 47.6 Å². The number of benzene rings is 1. The van der Waals surface area contributed by atoms with E-state index < -0.39 is 0 Å². The predicted octanol–water partition coefficient (Wildman–Crippen LogP) is 3.39. The van der Waals surface area contributed by atoms with Crippen LogP contribution in [0.4, 0.5) is 0 Å². The summed E-state index contributed by atoms with van der Waals surface area (Å²) in [5.41, 5.74) is 9.16. The quantitative estimate of drug-likeness (QED) is 0.719. The van der Waals surface area contributed by atoms with Crippen LogP contribution in [-0.2, 0) is 25.7 Å². The summed E-state index contributed by atoms with van der Waals surface area (Å²) in [6.07, 6.45) is 6.48. The maximum atomic E-state index is 12.3. The molecule has 4 rings (SSSR count). The Bertz CT molecular complexity index is 755. The van der Waals surface area contributed by atoms with Gasteiger partial charge in [0, 0.05) is 17.5 Å². The average molecular weight is 265 g/mol. The first-order valence-corrected chi connectivity index (χ1v) is 7.67. The van der Waals surface area contributed by atoms with Crippen LogP contribution in [0.15, 0.2) is 23.0 Å². The third-order valence-corrected chi connectivity index (χ3v) is 4.92. The minimum atomic E-state index is 0.146. The van der Waals surface area contributed by atoms with Gasteiger partial charge in [-0.05, 0) is 54.4 Å². The van der Waals surface area contributed by atoms with Gasteiger partial charge >= 0.3 is 0 Å². The normalized spacial score (nSPS) is 15.7. The van der Waals surface area contributed by atoms with E-state index >= 15 is 0 Å². The lowest BCUT2D eigenvalue weighted by Gasteiger charge is -2.18. The second-order valence-corrected chi connectivity index (χ2v) is 5.95. The molecule has 2 heteroatoms. The van der Waals surface area contributed by atoms with Gasteiger partial charge < -0.3 is 4.98 Å². The molecule has 0 fully saturated rings. The highest BCUT2D eigenvalue weighted by Crippen LogP contribution is 2.40. The monoisotopic (exact) mass is 265 g/mol.